The number of nitrogens with two attached hydrogens (primary N) is 1. The Bertz CT molecular complexity index is 1980. The van der Waals surface area contributed by atoms with Crippen LogP contribution in [0.2, 0.25) is 0 Å². The molecule has 10 heteroatoms. The van der Waals surface area contributed by atoms with Crippen LogP contribution < -0.4 is 11.3 Å². The largest absolute Gasteiger partial charge is 0.392 e. The maximum Gasteiger partial charge on any atom is 0.266 e. The number of hydrogen-bond acceptors (Lipinski definition) is 8. The molecule has 200 valence electrons. The summed E-state index contributed by atoms with van der Waals surface area (Å²) in [6.07, 6.45) is 1.37. The minimum absolute atomic E-state index is 0.127. The van der Waals surface area contributed by atoms with Gasteiger partial charge in [-0.1, -0.05) is 42.5 Å². The number of hydrogen-bond donors (Lipinski definition) is 3. The fourth-order valence-corrected chi connectivity index (χ4v) is 5.16. The number of fused-ring (bicyclic) bond motifs is 2. The molecule has 4 N–H and O–H groups in total. The lowest BCUT2D eigenvalue weighted by molar-refractivity contribution is 0.260. The fraction of sp³-hybridized carbons (Fsp3) is 0.167. The second kappa shape index (κ2) is 9.99. The highest BCUT2D eigenvalue weighted by Gasteiger charge is 2.21. The Hall–Kier alpha value is -4.93. The van der Waals surface area contributed by atoms with E-state index in [0.717, 1.165) is 16.8 Å². The molecule has 10 nitrogen and oxygen atoms in total. The monoisotopic (exact) mass is 533 g/mol. The van der Waals surface area contributed by atoms with Gasteiger partial charge < -0.3 is 15.9 Å². The van der Waals surface area contributed by atoms with E-state index in [1.54, 1.807) is 21.4 Å². The third-order valence-corrected chi connectivity index (χ3v) is 7.20. The summed E-state index contributed by atoms with van der Waals surface area (Å²) in [5.74, 6) is 0.735. The zero-order chi connectivity index (χ0) is 28.0. The maximum atomic E-state index is 14.0. The molecule has 0 amide bonds. The Labute approximate surface area is 229 Å². The number of aliphatic hydroxyl groups is 2. The van der Waals surface area contributed by atoms with Gasteiger partial charge in [0.15, 0.2) is 5.65 Å². The van der Waals surface area contributed by atoms with Crippen molar-refractivity contribution in [1.29, 1.82) is 0 Å². The number of para-hydroxylation sites is 1. The van der Waals surface area contributed by atoms with Crippen molar-refractivity contribution >= 4 is 27.8 Å². The average molecular weight is 534 g/mol. The van der Waals surface area contributed by atoms with Crippen molar-refractivity contribution < 1.29 is 10.2 Å². The van der Waals surface area contributed by atoms with E-state index in [9.17, 15) is 15.0 Å². The molecule has 0 unspecified atom stereocenters. The van der Waals surface area contributed by atoms with Crippen molar-refractivity contribution in [3.8, 4) is 16.9 Å². The van der Waals surface area contributed by atoms with E-state index in [4.69, 9.17) is 15.8 Å². The summed E-state index contributed by atoms with van der Waals surface area (Å²) in [7, 11) is 0. The number of benzene rings is 3. The van der Waals surface area contributed by atoms with Crippen LogP contribution in [0.15, 0.2) is 71.8 Å². The summed E-state index contributed by atoms with van der Waals surface area (Å²) in [6.45, 7) is 3.56. The molecule has 6 rings (SSSR count). The minimum Gasteiger partial charge on any atom is -0.392 e. The van der Waals surface area contributed by atoms with Gasteiger partial charge in [-0.25, -0.2) is 19.6 Å². The van der Waals surface area contributed by atoms with E-state index >= 15 is 0 Å². The number of nitrogen functional groups attached to an aromatic ring is 1. The molecule has 3 aromatic heterocycles. The Balaban J connectivity index is 1.60. The van der Waals surface area contributed by atoms with Crippen LogP contribution in [0.3, 0.4) is 0 Å². The smallest absolute Gasteiger partial charge is 0.266 e. The molecule has 6 aromatic rings. The Morgan fingerprint density at radius 1 is 0.875 bits per heavy atom. The lowest BCUT2D eigenvalue weighted by Crippen LogP contribution is -2.26. The molecule has 0 radical (unpaired) electrons. The molecule has 0 saturated carbocycles. The van der Waals surface area contributed by atoms with Crippen molar-refractivity contribution in [3.05, 3.63) is 105 Å². The van der Waals surface area contributed by atoms with E-state index in [2.05, 4.69) is 9.97 Å². The molecule has 0 aliphatic heterocycles. The standard InChI is InChI=1S/C30H27N7O3/c1-17-6-3-4-9-23(17)37-24(34-22-8-5-7-18(2)25(22)30(37)40)13-36-29-26(28(31)32-16-33-29)27(35-36)19-10-11-20(14-38)21(12-19)15-39/h3-12,16,38-39H,13-15H2,1-2H3,(H2,31,32,33). The first-order chi connectivity index (χ1) is 19.4. The molecule has 0 fully saturated rings. The van der Waals surface area contributed by atoms with Gasteiger partial charge in [0.25, 0.3) is 5.56 Å². The maximum absolute atomic E-state index is 14.0. The Morgan fingerprint density at radius 3 is 2.42 bits per heavy atom. The summed E-state index contributed by atoms with van der Waals surface area (Å²) >= 11 is 0. The fourth-order valence-electron chi connectivity index (χ4n) is 5.16. The second-order valence-corrected chi connectivity index (χ2v) is 9.69. The molecule has 0 atom stereocenters. The zero-order valence-electron chi connectivity index (χ0n) is 22.0. The van der Waals surface area contributed by atoms with Crippen LogP contribution >= 0.6 is 0 Å². The van der Waals surface area contributed by atoms with Gasteiger partial charge in [-0.3, -0.25) is 9.36 Å². The summed E-state index contributed by atoms with van der Waals surface area (Å²) in [5, 5.41) is 25.5. The Morgan fingerprint density at radius 2 is 1.65 bits per heavy atom. The normalized spacial score (nSPS) is 11.5. The van der Waals surface area contributed by atoms with E-state index in [1.165, 1.54) is 6.33 Å². The lowest BCUT2D eigenvalue weighted by atomic mass is 10.0. The third-order valence-electron chi connectivity index (χ3n) is 7.20. The quantitative estimate of drug-likeness (QED) is 0.295. The Kier molecular flexibility index (Phi) is 6.33. The van der Waals surface area contributed by atoms with Crippen LogP contribution in [0.1, 0.15) is 28.1 Å². The van der Waals surface area contributed by atoms with Gasteiger partial charge in [0.05, 0.1) is 35.2 Å². The summed E-state index contributed by atoms with van der Waals surface area (Å²) in [6, 6.07) is 18.6. The number of anilines is 1. The summed E-state index contributed by atoms with van der Waals surface area (Å²) in [5.41, 5.74) is 12.2. The van der Waals surface area contributed by atoms with Crippen LogP contribution in [0.4, 0.5) is 5.82 Å². The lowest BCUT2D eigenvalue weighted by Gasteiger charge is -2.16. The van der Waals surface area contributed by atoms with Crippen LogP contribution in [0.5, 0.6) is 0 Å². The van der Waals surface area contributed by atoms with E-state index in [-0.39, 0.29) is 31.1 Å². The van der Waals surface area contributed by atoms with Gasteiger partial charge in [-0.15, -0.1) is 0 Å². The van der Waals surface area contributed by atoms with Gasteiger partial charge in [0.1, 0.15) is 30.2 Å². The number of aliphatic hydroxyl groups excluding tert-OH is 2. The molecule has 0 saturated heterocycles. The van der Waals surface area contributed by atoms with Crippen molar-refractivity contribution in [1.82, 2.24) is 29.3 Å². The van der Waals surface area contributed by atoms with E-state index in [0.29, 0.717) is 50.1 Å². The first-order valence-corrected chi connectivity index (χ1v) is 12.8. The topological polar surface area (TPSA) is 145 Å². The van der Waals surface area contributed by atoms with Crippen molar-refractivity contribution in [2.24, 2.45) is 0 Å². The molecule has 3 heterocycles. The van der Waals surface area contributed by atoms with Crippen molar-refractivity contribution in [3.63, 3.8) is 0 Å². The third kappa shape index (κ3) is 4.10. The van der Waals surface area contributed by atoms with Gasteiger partial charge >= 0.3 is 0 Å². The molecule has 0 aliphatic rings. The van der Waals surface area contributed by atoms with Gasteiger partial charge in [-0.2, -0.15) is 5.10 Å². The SMILES string of the molecule is Cc1ccccc1-n1c(Cn2nc(-c3ccc(CO)c(CO)c3)c3c(N)ncnc32)nc2cccc(C)c2c1=O. The molecular formula is C30H27N7O3. The molecule has 40 heavy (non-hydrogen) atoms. The minimum atomic E-state index is -0.239. The number of aryl methyl sites for hydroxylation is 2. The number of rotatable bonds is 6. The van der Waals surface area contributed by atoms with Gasteiger partial charge in [0.2, 0.25) is 0 Å². The molecule has 3 aromatic carbocycles. The van der Waals surface area contributed by atoms with Crippen molar-refractivity contribution in [2.45, 2.75) is 33.6 Å². The molecule has 0 bridgehead atoms. The second-order valence-electron chi connectivity index (χ2n) is 9.69. The van der Waals surface area contributed by atoms with Crippen LogP contribution in [-0.2, 0) is 19.8 Å². The van der Waals surface area contributed by atoms with Gasteiger partial charge in [-0.05, 0) is 54.3 Å². The number of nitrogens with zero attached hydrogens (tertiary/aromatic N) is 6. The van der Waals surface area contributed by atoms with Crippen LogP contribution in [-0.4, -0.2) is 39.5 Å². The van der Waals surface area contributed by atoms with E-state index in [1.807, 2.05) is 62.4 Å². The predicted molar refractivity (Wildman–Crippen MR) is 153 cm³/mol. The van der Waals surface area contributed by atoms with Crippen LogP contribution in [0, 0.1) is 13.8 Å². The number of aromatic nitrogens is 6. The van der Waals surface area contributed by atoms with Crippen molar-refractivity contribution in [2.75, 3.05) is 5.73 Å². The molecule has 0 spiro atoms. The molecule has 0 aliphatic carbocycles. The highest BCUT2D eigenvalue weighted by atomic mass is 16.3. The first-order valence-electron chi connectivity index (χ1n) is 12.8. The first kappa shape index (κ1) is 25.4. The molecular weight excluding hydrogens is 506 g/mol. The zero-order valence-corrected chi connectivity index (χ0v) is 22.0. The predicted octanol–water partition coefficient (Wildman–Crippen LogP) is 3.42. The van der Waals surface area contributed by atoms with Gasteiger partial charge in [0, 0.05) is 5.56 Å². The average Bonchev–Trinajstić information content (AvgIpc) is 3.33. The highest BCUT2D eigenvalue weighted by molar-refractivity contribution is 5.98. The summed E-state index contributed by atoms with van der Waals surface area (Å²) < 4.78 is 3.31. The van der Waals surface area contributed by atoms with Crippen LogP contribution in [0.25, 0.3) is 38.9 Å². The summed E-state index contributed by atoms with van der Waals surface area (Å²) in [4.78, 5) is 27.6. The van der Waals surface area contributed by atoms with E-state index < -0.39 is 0 Å². The highest BCUT2D eigenvalue weighted by Crippen LogP contribution is 2.32.